The van der Waals surface area contributed by atoms with Crippen LogP contribution in [0.15, 0.2) is 12.7 Å². The van der Waals surface area contributed by atoms with E-state index >= 15 is 0 Å². The molecule has 1 fully saturated rings. The zero-order chi connectivity index (χ0) is 8.65. The Balaban J connectivity index is 1.94. The molecule has 0 bridgehead atoms. The van der Waals surface area contributed by atoms with Crippen molar-refractivity contribution in [3.8, 4) is 0 Å². The van der Waals surface area contributed by atoms with E-state index in [1.165, 1.54) is 0 Å². The van der Waals surface area contributed by atoms with Crippen molar-refractivity contribution in [1.29, 1.82) is 0 Å². The van der Waals surface area contributed by atoms with Crippen molar-refractivity contribution in [1.82, 2.24) is 0 Å². The summed E-state index contributed by atoms with van der Waals surface area (Å²) in [7, 11) is 0. The van der Waals surface area contributed by atoms with Gasteiger partial charge in [0.25, 0.3) is 0 Å². The molecule has 0 saturated carbocycles. The van der Waals surface area contributed by atoms with Gasteiger partial charge in [-0.05, 0) is 6.42 Å². The quantitative estimate of drug-likeness (QED) is 0.462. The molecule has 3 nitrogen and oxygen atoms in total. The average Bonchev–Trinajstić information content (AvgIpc) is 2.14. The van der Waals surface area contributed by atoms with E-state index in [-0.39, 0.29) is 6.29 Å². The largest absolute Gasteiger partial charge is 0.377 e. The fourth-order valence-corrected chi connectivity index (χ4v) is 1.05. The highest BCUT2D eigenvalue weighted by molar-refractivity contribution is 4.63. The minimum atomic E-state index is -0.0523. The maximum absolute atomic E-state index is 5.33. The Labute approximate surface area is 73.3 Å². The standard InChI is InChI=1S/C9H16O3/c1-2-5-10-8-4-9-11-6-3-7-12-9/h2,9H,1,3-8H2. The van der Waals surface area contributed by atoms with Crippen molar-refractivity contribution in [2.45, 2.75) is 19.1 Å². The summed E-state index contributed by atoms with van der Waals surface area (Å²) in [4.78, 5) is 0. The lowest BCUT2D eigenvalue weighted by molar-refractivity contribution is -0.185. The van der Waals surface area contributed by atoms with Gasteiger partial charge in [-0.15, -0.1) is 6.58 Å². The Bertz CT molecular complexity index is 119. The Morgan fingerprint density at radius 3 is 2.83 bits per heavy atom. The van der Waals surface area contributed by atoms with E-state index in [0.29, 0.717) is 13.2 Å². The highest BCUT2D eigenvalue weighted by Crippen LogP contribution is 2.07. The SMILES string of the molecule is C=CCOCCC1OCCCO1. The second-order valence-corrected chi connectivity index (χ2v) is 2.68. The smallest absolute Gasteiger partial charge is 0.159 e. The van der Waals surface area contributed by atoms with Gasteiger partial charge in [-0.25, -0.2) is 0 Å². The summed E-state index contributed by atoms with van der Waals surface area (Å²) in [5.74, 6) is 0. The minimum Gasteiger partial charge on any atom is -0.377 e. The van der Waals surface area contributed by atoms with E-state index in [4.69, 9.17) is 14.2 Å². The maximum Gasteiger partial charge on any atom is 0.159 e. The lowest BCUT2D eigenvalue weighted by atomic mass is 10.4. The second kappa shape index (κ2) is 6.17. The van der Waals surface area contributed by atoms with Crippen LogP contribution in [0.1, 0.15) is 12.8 Å². The second-order valence-electron chi connectivity index (χ2n) is 2.68. The first-order valence-electron chi connectivity index (χ1n) is 4.35. The van der Waals surface area contributed by atoms with Gasteiger partial charge in [-0.2, -0.15) is 0 Å². The predicted molar refractivity (Wildman–Crippen MR) is 45.9 cm³/mol. The van der Waals surface area contributed by atoms with Crippen LogP contribution in [0.4, 0.5) is 0 Å². The van der Waals surface area contributed by atoms with E-state index < -0.39 is 0 Å². The van der Waals surface area contributed by atoms with E-state index in [1.807, 2.05) is 0 Å². The van der Waals surface area contributed by atoms with Crippen LogP contribution in [0.25, 0.3) is 0 Å². The molecule has 0 atom stereocenters. The topological polar surface area (TPSA) is 27.7 Å². The molecule has 0 radical (unpaired) electrons. The van der Waals surface area contributed by atoms with E-state index in [9.17, 15) is 0 Å². The monoisotopic (exact) mass is 172 g/mol. The summed E-state index contributed by atoms with van der Waals surface area (Å²) in [6.45, 7) is 6.46. The average molecular weight is 172 g/mol. The molecule has 1 aliphatic heterocycles. The molecule has 1 saturated heterocycles. The van der Waals surface area contributed by atoms with Crippen LogP contribution in [0.2, 0.25) is 0 Å². The summed E-state index contributed by atoms with van der Waals surface area (Å²) in [5, 5.41) is 0. The van der Waals surface area contributed by atoms with Crippen molar-refractivity contribution < 1.29 is 14.2 Å². The summed E-state index contributed by atoms with van der Waals surface area (Å²) in [5.41, 5.74) is 0. The molecule has 0 spiro atoms. The lowest BCUT2D eigenvalue weighted by Gasteiger charge is -2.22. The van der Waals surface area contributed by atoms with Gasteiger partial charge in [-0.1, -0.05) is 6.08 Å². The highest BCUT2D eigenvalue weighted by atomic mass is 16.7. The van der Waals surface area contributed by atoms with Gasteiger partial charge in [0.1, 0.15) is 0 Å². The van der Waals surface area contributed by atoms with Crippen molar-refractivity contribution in [3.05, 3.63) is 12.7 Å². The third kappa shape index (κ3) is 3.85. The summed E-state index contributed by atoms with van der Waals surface area (Å²) in [6, 6.07) is 0. The highest BCUT2D eigenvalue weighted by Gasteiger charge is 2.12. The first-order chi connectivity index (χ1) is 5.93. The van der Waals surface area contributed by atoms with Crippen LogP contribution in [0, 0.1) is 0 Å². The van der Waals surface area contributed by atoms with Gasteiger partial charge in [-0.3, -0.25) is 0 Å². The van der Waals surface area contributed by atoms with E-state index in [2.05, 4.69) is 6.58 Å². The molecule has 1 aliphatic rings. The van der Waals surface area contributed by atoms with Crippen LogP contribution in [0.5, 0.6) is 0 Å². The van der Waals surface area contributed by atoms with E-state index in [1.54, 1.807) is 6.08 Å². The van der Waals surface area contributed by atoms with E-state index in [0.717, 1.165) is 26.1 Å². The number of hydrogen-bond donors (Lipinski definition) is 0. The summed E-state index contributed by atoms with van der Waals surface area (Å²) in [6.07, 6.45) is 3.50. The van der Waals surface area contributed by atoms with Gasteiger partial charge in [0.15, 0.2) is 6.29 Å². The molecule has 3 heteroatoms. The first-order valence-corrected chi connectivity index (χ1v) is 4.35. The van der Waals surface area contributed by atoms with Crippen molar-refractivity contribution in [2.75, 3.05) is 26.4 Å². The Kier molecular flexibility index (Phi) is 4.99. The molecule has 12 heavy (non-hydrogen) atoms. The molecule has 0 N–H and O–H groups in total. The molecule has 1 heterocycles. The molecule has 0 unspecified atom stereocenters. The predicted octanol–water partition coefficient (Wildman–Crippen LogP) is 1.34. The third-order valence-corrected chi connectivity index (χ3v) is 1.63. The molecule has 0 aliphatic carbocycles. The molecule has 70 valence electrons. The van der Waals surface area contributed by atoms with Crippen LogP contribution >= 0.6 is 0 Å². The fourth-order valence-electron chi connectivity index (χ4n) is 1.05. The van der Waals surface area contributed by atoms with Gasteiger partial charge in [0, 0.05) is 6.42 Å². The van der Waals surface area contributed by atoms with Gasteiger partial charge in [0.05, 0.1) is 26.4 Å². The fraction of sp³-hybridized carbons (Fsp3) is 0.778. The molecule has 0 aromatic rings. The molecule has 1 rings (SSSR count). The Morgan fingerprint density at radius 2 is 2.17 bits per heavy atom. The molecule has 0 aromatic carbocycles. The number of hydrogen-bond acceptors (Lipinski definition) is 3. The summed E-state index contributed by atoms with van der Waals surface area (Å²) >= 11 is 0. The van der Waals surface area contributed by atoms with Crippen LogP contribution < -0.4 is 0 Å². The molecular formula is C9H16O3. The zero-order valence-corrected chi connectivity index (χ0v) is 7.33. The van der Waals surface area contributed by atoms with Crippen molar-refractivity contribution in [3.63, 3.8) is 0 Å². The van der Waals surface area contributed by atoms with Crippen molar-refractivity contribution >= 4 is 0 Å². The van der Waals surface area contributed by atoms with Crippen molar-refractivity contribution in [2.24, 2.45) is 0 Å². The number of ether oxygens (including phenoxy) is 3. The van der Waals surface area contributed by atoms with Gasteiger partial charge >= 0.3 is 0 Å². The van der Waals surface area contributed by atoms with Crippen LogP contribution in [0.3, 0.4) is 0 Å². The molecule has 0 amide bonds. The zero-order valence-electron chi connectivity index (χ0n) is 7.33. The summed E-state index contributed by atoms with van der Waals surface area (Å²) < 4.78 is 15.9. The van der Waals surface area contributed by atoms with Crippen LogP contribution in [-0.4, -0.2) is 32.7 Å². The van der Waals surface area contributed by atoms with Gasteiger partial charge in [0.2, 0.25) is 0 Å². The third-order valence-electron chi connectivity index (χ3n) is 1.63. The molecular weight excluding hydrogens is 156 g/mol. The normalized spacial score (nSPS) is 19.3. The minimum absolute atomic E-state index is 0.0523. The van der Waals surface area contributed by atoms with Gasteiger partial charge < -0.3 is 14.2 Å². The lowest BCUT2D eigenvalue weighted by Crippen LogP contribution is -2.26. The van der Waals surface area contributed by atoms with Crippen LogP contribution in [-0.2, 0) is 14.2 Å². The Hall–Kier alpha value is -0.380. The first kappa shape index (κ1) is 9.71. The number of rotatable bonds is 5. The molecule has 0 aromatic heterocycles. The Morgan fingerprint density at radius 1 is 1.42 bits per heavy atom. The maximum atomic E-state index is 5.33.